The van der Waals surface area contributed by atoms with E-state index in [1.807, 2.05) is 48.5 Å². The van der Waals surface area contributed by atoms with Gasteiger partial charge in [-0.05, 0) is 34.9 Å². The first-order chi connectivity index (χ1) is 14.9. The van der Waals surface area contributed by atoms with Crippen LogP contribution in [-0.4, -0.2) is 22.5 Å². The summed E-state index contributed by atoms with van der Waals surface area (Å²) in [6.45, 7) is 0. The molecule has 3 aromatic carbocycles. The van der Waals surface area contributed by atoms with Gasteiger partial charge in [0.1, 0.15) is 5.54 Å². The number of anilines is 2. The molecule has 0 saturated heterocycles. The monoisotopic (exact) mass is 454 g/mol. The summed E-state index contributed by atoms with van der Waals surface area (Å²) in [5.41, 5.74) is 2.47. The molecule has 4 rings (SSSR count). The largest absolute Gasteiger partial charge is 0.479 e. The van der Waals surface area contributed by atoms with E-state index < -0.39 is 11.5 Å². The minimum atomic E-state index is -1.34. The molecule has 1 aliphatic rings. The van der Waals surface area contributed by atoms with Crippen molar-refractivity contribution in [2.45, 2.75) is 24.8 Å². The smallest absolute Gasteiger partial charge is 0.330 e. The van der Waals surface area contributed by atoms with Gasteiger partial charge in [-0.3, -0.25) is 4.79 Å². The summed E-state index contributed by atoms with van der Waals surface area (Å²) in [7, 11) is 0. The van der Waals surface area contributed by atoms with Crippen molar-refractivity contribution in [1.29, 1.82) is 0 Å². The van der Waals surface area contributed by atoms with Gasteiger partial charge in [0.2, 0.25) is 5.91 Å². The minimum Gasteiger partial charge on any atom is -0.479 e. The van der Waals surface area contributed by atoms with Gasteiger partial charge in [-0.25, -0.2) is 4.79 Å². The summed E-state index contributed by atoms with van der Waals surface area (Å²) in [6, 6.07) is 20.0. The van der Waals surface area contributed by atoms with Crippen molar-refractivity contribution in [3.05, 3.63) is 93.5 Å². The van der Waals surface area contributed by atoms with Gasteiger partial charge in [-0.15, -0.1) is 0 Å². The van der Waals surface area contributed by atoms with Crippen LogP contribution in [0, 0.1) is 0 Å². The van der Waals surface area contributed by atoms with Gasteiger partial charge in [0, 0.05) is 18.5 Å². The van der Waals surface area contributed by atoms with Crippen molar-refractivity contribution in [1.82, 2.24) is 5.32 Å². The maximum absolute atomic E-state index is 12.9. The molecule has 0 unspecified atom stereocenters. The van der Waals surface area contributed by atoms with Crippen molar-refractivity contribution in [3.63, 3.8) is 0 Å². The number of rotatable bonds is 6. The van der Waals surface area contributed by atoms with E-state index in [4.69, 9.17) is 23.2 Å². The first-order valence-corrected chi connectivity index (χ1v) is 10.5. The Morgan fingerprint density at radius 2 is 1.45 bits per heavy atom. The first-order valence-electron chi connectivity index (χ1n) is 9.78. The Labute approximate surface area is 190 Å². The fourth-order valence-electron chi connectivity index (χ4n) is 3.94. The van der Waals surface area contributed by atoms with Gasteiger partial charge in [0.25, 0.3) is 0 Å². The number of fused-ring (bicyclic) bond motifs is 1. The molecule has 1 aliphatic carbocycles. The van der Waals surface area contributed by atoms with Gasteiger partial charge >= 0.3 is 5.97 Å². The molecule has 0 fully saturated rings. The van der Waals surface area contributed by atoms with E-state index in [0.29, 0.717) is 27.0 Å². The molecule has 0 spiro atoms. The lowest BCUT2D eigenvalue weighted by molar-refractivity contribution is -0.147. The lowest BCUT2D eigenvalue weighted by Gasteiger charge is -2.26. The highest BCUT2D eigenvalue weighted by atomic mass is 35.5. The predicted octanol–water partition coefficient (Wildman–Crippen LogP) is 5.02. The molecule has 0 radical (unpaired) electrons. The van der Waals surface area contributed by atoms with Crippen LogP contribution in [0.3, 0.4) is 0 Å². The lowest BCUT2D eigenvalue weighted by Crippen LogP contribution is -2.55. The third kappa shape index (κ3) is 4.38. The van der Waals surface area contributed by atoms with Crippen LogP contribution in [0.2, 0.25) is 10.0 Å². The number of halogens is 2. The number of carboxylic acid groups (broad SMARTS) is 1. The molecule has 3 aromatic rings. The van der Waals surface area contributed by atoms with E-state index >= 15 is 0 Å². The molecular formula is C24H20Cl2N2O3. The number of carboxylic acids is 1. The number of carbonyl (C=O) groups excluding carboxylic acids is 1. The highest BCUT2D eigenvalue weighted by molar-refractivity contribution is 6.39. The average molecular weight is 455 g/mol. The van der Waals surface area contributed by atoms with Crippen LogP contribution in [-0.2, 0) is 28.9 Å². The molecule has 0 aromatic heterocycles. The summed E-state index contributed by atoms with van der Waals surface area (Å²) < 4.78 is 0. The number of nitrogens with one attached hydrogen (secondary N) is 2. The number of benzene rings is 3. The minimum absolute atomic E-state index is 0.0105. The van der Waals surface area contributed by atoms with Gasteiger partial charge in [0.05, 0.1) is 22.2 Å². The molecule has 5 nitrogen and oxygen atoms in total. The van der Waals surface area contributed by atoms with Gasteiger partial charge in [-0.1, -0.05) is 71.7 Å². The molecule has 0 bridgehead atoms. The Morgan fingerprint density at radius 1 is 0.871 bits per heavy atom. The second kappa shape index (κ2) is 8.61. The molecule has 0 saturated carbocycles. The normalized spacial score (nSPS) is 14.0. The fourth-order valence-corrected chi connectivity index (χ4v) is 4.43. The van der Waals surface area contributed by atoms with Gasteiger partial charge < -0.3 is 15.7 Å². The molecule has 1 amide bonds. The maximum Gasteiger partial charge on any atom is 0.330 e. The van der Waals surface area contributed by atoms with Crippen LogP contribution in [0.1, 0.15) is 16.7 Å². The third-order valence-corrected chi connectivity index (χ3v) is 6.11. The number of hydrogen-bond acceptors (Lipinski definition) is 3. The lowest BCUT2D eigenvalue weighted by atomic mass is 9.95. The maximum atomic E-state index is 12.9. The number of amides is 1. The van der Waals surface area contributed by atoms with E-state index in [0.717, 1.165) is 11.1 Å². The molecule has 0 heterocycles. The molecule has 7 heteroatoms. The molecule has 3 N–H and O–H groups in total. The van der Waals surface area contributed by atoms with E-state index in [9.17, 15) is 14.7 Å². The van der Waals surface area contributed by atoms with E-state index in [1.165, 1.54) is 0 Å². The van der Waals surface area contributed by atoms with Crippen molar-refractivity contribution in [2.24, 2.45) is 0 Å². The number of carbonyl (C=O) groups is 2. The summed E-state index contributed by atoms with van der Waals surface area (Å²) in [5.74, 6) is -1.40. The molecule has 158 valence electrons. The zero-order chi connectivity index (χ0) is 22.0. The van der Waals surface area contributed by atoms with Crippen LogP contribution in [0.4, 0.5) is 11.4 Å². The van der Waals surface area contributed by atoms with Crippen molar-refractivity contribution in [3.8, 4) is 0 Å². The van der Waals surface area contributed by atoms with Crippen molar-refractivity contribution < 1.29 is 14.7 Å². The van der Waals surface area contributed by atoms with E-state index in [-0.39, 0.29) is 25.2 Å². The first kappa shape index (κ1) is 21.2. The standard InChI is InChI=1S/C24H20Cl2N2O3/c25-18-9-5-10-19(26)22(18)27-20-11-4-3-6-15(20)12-21(29)28-24(23(30)31)13-16-7-1-2-8-17(16)14-24/h1-11,27H,12-14H2,(H,28,29)(H,30,31). The van der Waals surface area contributed by atoms with Crippen LogP contribution < -0.4 is 10.6 Å². The van der Waals surface area contributed by atoms with Crippen LogP contribution in [0.15, 0.2) is 66.7 Å². The molecule has 0 atom stereocenters. The van der Waals surface area contributed by atoms with E-state index in [2.05, 4.69) is 10.6 Å². The Hall–Kier alpha value is -3.02. The second-order valence-corrected chi connectivity index (χ2v) is 8.43. The SMILES string of the molecule is O=C(Cc1ccccc1Nc1c(Cl)cccc1Cl)NC1(C(=O)O)Cc2ccccc2C1. The predicted molar refractivity (Wildman–Crippen MR) is 122 cm³/mol. The second-order valence-electron chi connectivity index (χ2n) is 7.61. The molecule has 31 heavy (non-hydrogen) atoms. The number of hydrogen-bond donors (Lipinski definition) is 3. The van der Waals surface area contributed by atoms with E-state index in [1.54, 1.807) is 18.2 Å². The van der Waals surface area contributed by atoms with Crippen molar-refractivity contribution >= 4 is 46.5 Å². The van der Waals surface area contributed by atoms with Crippen LogP contribution >= 0.6 is 23.2 Å². The van der Waals surface area contributed by atoms with Crippen molar-refractivity contribution in [2.75, 3.05) is 5.32 Å². The third-order valence-electron chi connectivity index (χ3n) is 5.48. The van der Waals surface area contributed by atoms with Crippen LogP contribution in [0.25, 0.3) is 0 Å². The summed E-state index contributed by atoms with van der Waals surface area (Å²) in [5, 5.41) is 16.8. The van der Waals surface area contributed by atoms with Gasteiger partial charge in [0.15, 0.2) is 0 Å². The summed E-state index contributed by atoms with van der Waals surface area (Å²) >= 11 is 12.5. The Balaban J connectivity index is 1.54. The number of para-hydroxylation sites is 2. The Kier molecular flexibility index (Phi) is 5.90. The zero-order valence-corrected chi connectivity index (χ0v) is 18.0. The Morgan fingerprint density at radius 3 is 2.06 bits per heavy atom. The molecule has 0 aliphatic heterocycles. The fraction of sp³-hybridized carbons (Fsp3) is 0.167. The summed E-state index contributed by atoms with van der Waals surface area (Å²) in [6.07, 6.45) is 0.537. The highest BCUT2D eigenvalue weighted by Gasteiger charge is 2.45. The highest BCUT2D eigenvalue weighted by Crippen LogP contribution is 2.34. The quantitative estimate of drug-likeness (QED) is 0.488. The number of aliphatic carboxylic acids is 1. The van der Waals surface area contributed by atoms with Gasteiger partial charge in [-0.2, -0.15) is 0 Å². The molecular weight excluding hydrogens is 435 g/mol. The summed E-state index contributed by atoms with van der Waals surface area (Å²) in [4.78, 5) is 25.0. The topological polar surface area (TPSA) is 78.4 Å². The average Bonchev–Trinajstić information content (AvgIpc) is 3.11. The van der Waals surface area contributed by atoms with Crippen LogP contribution in [0.5, 0.6) is 0 Å². The zero-order valence-electron chi connectivity index (χ0n) is 16.5. The Bertz CT molecular complexity index is 1120.